The maximum Gasteiger partial charge on any atom is 0.0679 e. The average molecular weight is 227 g/mol. The Kier molecular flexibility index (Phi) is 4.22. The fraction of sp³-hybridized carbons (Fsp3) is 1.00. The molecular formula is C13H25NO2. The van der Waals surface area contributed by atoms with Crippen molar-refractivity contribution in [2.75, 3.05) is 26.2 Å². The van der Waals surface area contributed by atoms with E-state index in [1.54, 1.807) is 0 Å². The molecule has 2 aliphatic rings. The predicted molar refractivity (Wildman–Crippen MR) is 64.3 cm³/mol. The van der Waals surface area contributed by atoms with Crippen molar-refractivity contribution < 1.29 is 10.2 Å². The monoisotopic (exact) mass is 227 g/mol. The predicted octanol–water partition coefficient (Wildman–Crippen LogP) is 1.39. The van der Waals surface area contributed by atoms with Gasteiger partial charge in [0.2, 0.25) is 0 Å². The first-order chi connectivity index (χ1) is 7.74. The Hall–Kier alpha value is -0.120. The lowest BCUT2D eigenvalue weighted by atomic mass is 9.80. The van der Waals surface area contributed by atoms with Crippen LogP contribution in [0.4, 0.5) is 0 Å². The number of aliphatic hydroxyl groups excluding tert-OH is 2. The lowest BCUT2D eigenvalue weighted by molar-refractivity contribution is 0.0624. The van der Waals surface area contributed by atoms with E-state index in [0.29, 0.717) is 6.61 Å². The smallest absolute Gasteiger partial charge is 0.0679 e. The zero-order valence-electron chi connectivity index (χ0n) is 10.2. The summed E-state index contributed by atoms with van der Waals surface area (Å²) in [4.78, 5) is 2.34. The minimum absolute atomic E-state index is 0.126. The van der Waals surface area contributed by atoms with Crippen LogP contribution in [0.5, 0.6) is 0 Å². The minimum Gasteiger partial charge on any atom is -0.396 e. The molecule has 0 aromatic rings. The van der Waals surface area contributed by atoms with Crippen LogP contribution in [0.25, 0.3) is 0 Å². The van der Waals surface area contributed by atoms with Crippen molar-refractivity contribution >= 4 is 0 Å². The molecule has 1 saturated carbocycles. The molecule has 1 saturated heterocycles. The van der Waals surface area contributed by atoms with E-state index in [1.807, 2.05) is 0 Å². The van der Waals surface area contributed by atoms with Crippen LogP contribution in [0, 0.1) is 5.41 Å². The third-order valence-corrected chi connectivity index (χ3v) is 4.31. The molecule has 2 fully saturated rings. The summed E-state index contributed by atoms with van der Waals surface area (Å²) < 4.78 is 0. The van der Waals surface area contributed by atoms with Gasteiger partial charge >= 0.3 is 0 Å². The van der Waals surface area contributed by atoms with Gasteiger partial charge < -0.3 is 15.1 Å². The third kappa shape index (κ3) is 2.96. The van der Waals surface area contributed by atoms with Crippen LogP contribution in [0.3, 0.4) is 0 Å². The molecule has 0 spiro atoms. The molecular weight excluding hydrogens is 202 g/mol. The molecule has 0 bridgehead atoms. The molecule has 0 aromatic carbocycles. The van der Waals surface area contributed by atoms with E-state index in [2.05, 4.69) is 4.90 Å². The van der Waals surface area contributed by atoms with Gasteiger partial charge in [0.05, 0.1) is 6.10 Å². The van der Waals surface area contributed by atoms with Gasteiger partial charge in [0, 0.05) is 31.7 Å². The van der Waals surface area contributed by atoms with Crippen molar-refractivity contribution in [2.45, 2.75) is 51.0 Å². The molecule has 1 aliphatic carbocycles. The number of likely N-dealkylation sites (tertiary alicyclic amines) is 1. The van der Waals surface area contributed by atoms with Crippen molar-refractivity contribution in [3.8, 4) is 0 Å². The lowest BCUT2D eigenvalue weighted by Gasteiger charge is -2.34. The summed E-state index contributed by atoms with van der Waals surface area (Å²) in [6.45, 7) is 3.12. The zero-order valence-corrected chi connectivity index (χ0v) is 10.2. The first-order valence-corrected chi connectivity index (χ1v) is 6.75. The van der Waals surface area contributed by atoms with E-state index in [0.717, 1.165) is 38.9 Å². The molecule has 3 nitrogen and oxygen atoms in total. The average Bonchev–Trinajstić information content (AvgIpc) is 2.54. The van der Waals surface area contributed by atoms with Crippen LogP contribution in [0.2, 0.25) is 0 Å². The molecule has 0 amide bonds. The first-order valence-electron chi connectivity index (χ1n) is 6.75. The third-order valence-electron chi connectivity index (χ3n) is 4.31. The Balaban J connectivity index is 1.92. The van der Waals surface area contributed by atoms with E-state index in [9.17, 15) is 10.2 Å². The van der Waals surface area contributed by atoms with Gasteiger partial charge in [-0.05, 0) is 19.3 Å². The maximum atomic E-state index is 9.70. The summed E-state index contributed by atoms with van der Waals surface area (Å²) in [6, 6.07) is 0. The second kappa shape index (κ2) is 5.48. The molecule has 1 aliphatic heterocycles. The van der Waals surface area contributed by atoms with Gasteiger partial charge in [0.1, 0.15) is 0 Å². The van der Waals surface area contributed by atoms with Crippen molar-refractivity contribution in [3.63, 3.8) is 0 Å². The molecule has 3 heteroatoms. The highest BCUT2D eigenvalue weighted by Crippen LogP contribution is 2.36. The van der Waals surface area contributed by atoms with Crippen LogP contribution in [0.1, 0.15) is 44.9 Å². The lowest BCUT2D eigenvalue weighted by Crippen LogP contribution is -2.39. The van der Waals surface area contributed by atoms with Crippen LogP contribution >= 0.6 is 0 Å². The molecule has 0 aromatic heterocycles. The van der Waals surface area contributed by atoms with E-state index >= 15 is 0 Å². The Bertz CT molecular complexity index is 212. The van der Waals surface area contributed by atoms with Gasteiger partial charge in [-0.2, -0.15) is 0 Å². The highest BCUT2D eigenvalue weighted by molar-refractivity contribution is 4.87. The number of aliphatic hydroxyl groups is 2. The molecule has 94 valence electrons. The van der Waals surface area contributed by atoms with Crippen LogP contribution in [-0.4, -0.2) is 47.5 Å². The summed E-state index contributed by atoms with van der Waals surface area (Å²) in [5.41, 5.74) is 0.126. The van der Waals surface area contributed by atoms with Gasteiger partial charge in [-0.3, -0.25) is 0 Å². The summed E-state index contributed by atoms with van der Waals surface area (Å²) in [5, 5.41) is 19.2. The summed E-state index contributed by atoms with van der Waals surface area (Å²) >= 11 is 0. The zero-order chi connectivity index (χ0) is 11.4. The van der Waals surface area contributed by atoms with Gasteiger partial charge in [-0.25, -0.2) is 0 Å². The fourth-order valence-corrected chi connectivity index (χ4v) is 3.27. The Morgan fingerprint density at radius 1 is 1.12 bits per heavy atom. The number of β-amino-alcohol motifs (C(OH)–C–C–N with tert-alkyl or cyclic N) is 1. The molecule has 16 heavy (non-hydrogen) atoms. The Morgan fingerprint density at radius 3 is 2.31 bits per heavy atom. The molecule has 1 atom stereocenters. The van der Waals surface area contributed by atoms with Crippen molar-refractivity contribution in [1.82, 2.24) is 4.90 Å². The van der Waals surface area contributed by atoms with E-state index in [1.165, 1.54) is 25.7 Å². The van der Waals surface area contributed by atoms with Crippen LogP contribution < -0.4 is 0 Å². The molecule has 0 radical (unpaired) electrons. The SMILES string of the molecule is OCC1(CN2CCC(O)C2)CCCCCC1. The summed E-state index contributed by atoms with van der Waals surface area (Å²) in [6.07, 6.45) is 8.26. The Labute approximate surface area is 98.5 Å². The maximum absolute atomic E-state index is 9.70. The molecule has 2 rings (SSSR count). The van der Waals surface area contributed by atoms with E-state index in [4.69, 9.17) is 0 Å². The van der Waals surface area contributed by atoms with Gasteiger partial charge in [0.25, 0.3) is 0 Å². The number of rotatable bonds is 3. The Morgan fingerprint density at radius 2 is 1.81 bits per heavy atom. The highest BCUT2D eigenvalue weighted by atomic mass is 16.3. The quantitative estimate of drug-likeness (QED) is 0.716. The van der Waals surface area contributed by atoms with Gasteiger partial charge in [-0.1, -0.05) is 25.7 Å². The topological polar surface area (TPSA) is 43.7 Å². The molecule has 1 heterocycles. The number of nitrogens with zero attached hydrogens (tertiary/aromatic N) is 1. The minimum atomic E-state index is -0.137. The first kappa shape index (κ1) is 12.3. The fourth-order valence-electron chi connectivity index (χ4n) is 3.27. The van der Waals surface area contributed by atoms with Crippen molar-refractivity contribution in [1.29, 1.82) is 0 Å². The molecule has 2 N–H and O–H groups in total. The van der Waals surface area contributed by atoms with Gasteiger partial charge in [-0.15, -0.1) is 0 Å². The summed E-state index contributed by atoms with van der Waals surface area (Å²) in [5.74, 6) is 0. The standard InChI is InChI=1S/C13H25NO2/c15-11-13(6-3-1-2-4-7-13)10-14-8-5-12(16)9-14/h12,15-16H,1-11H2. The second-order valence-corrected chi connectivity index (χ2v) is 5.75. The number of hydrogen-bond acceptors (Lipinski definition) is 3. The largest absolute Gasteiger partial charge is 0.396 e. The van der Waals surface area contributed by atoms with Crippen molar-refractivity contribution in [2.24, 2.45) is 5.41 Å². The summed E-state index contributed by atoms with van der Waals surface area (Å²) in [7, 11) is 0. The highest BCUT2D eigenvalue weighted by Gasteiger charge is 2.34. The van der Waals surface area contributed by atoms with Crippen LogP contribution in [0.15, 0.2) is 0 Å². The number of hydrogen-bond donors (Lipinski definition) is 2. The van der Waals surface area contributed by atoms with Crippen molar-refractivity contribution in [3.05, 3.63) is 0 Å². The van der Waals surface area contributed by atoms with E-state index in [-0.39, 0.29) is 11.5 Å². The normalized spacial score (nSPS) is 31.5. The van der Waals surface area contributed by atoms with Gasteiger partial charge in [0.15, 0.2) is 0 Å². The van der Waals surface area contributed by atoms with E-state index < -0.39 is 0 Å². The second-order valence-electron chi connectivity index (χ2n) is 5.75. The van der Waals surface area contributed by atoms with Crippen LogP contribution in [-0.2, 0) is 0 Å². The molecule has 1 unspecified atom stereocenters.